The lowest BCUT2D eigenvalue weighted by Crippen LogP contribution is -2.33. The van der Waals surface area contributed by atoms with Crippen LogP contribution in [0.3, 0.4) is 0 Å². The summed E-state index contributed by atoms with van der Waals surface area (Å²) in [7, 11) is 1.63. The Morgan fingerprint density at radius 2 is 2.18 bits per heavy atom. The molecule has 2 rings (SSSR count). The van der Waals surface area contributed by atoms with Gasteiger partial charge in [0, 0.05) is 18.5 Å². The van der Waals surface area contributed by atoms with Crippen molar-refractivity contribution in [2.24, 2.45) is 0 Å². The smallest absolute Gasteiger partial charge is 0.329 e. The monoisotopic (exact) mass is 239 g/mol. The van der Waals surface area contributed by atoms with E-state index in [1.54, 1.807) is 13.1 Å². The quantitative estimate of drug-likeness (QED) is 0.798. The molecule has 2 heterocycles. The van der Waals surface area contributed by atoms with Crippen LogP contribution in [0.2, 0.25) is 0 Å². The minimum atomic E-state index is -0.881. The van der Waals surface area contributed by atoms with E-state index in [1.165, 1.54) is 9.80 Å². The number of carbonyl (C=O) groups is 1. The molecule has 1 saturated heterocycles. The molecule has 94 valence electrons. The molecule has 6 heteroatoms. The summed E-state index contributed by atoms with van der Waals surface area (Å²) in [6.45, 7) is 6.28. The summed E-state index contributed by atoms with van der Waals surface area (Å²) < 4.78 is 5.13. The zero-order valence-electron chi connectivity index (χ0n) is 10.5. The summed E-state index contributed by atoms with van der Waals surface area (Å²) in [5, 5.41) is 13.7. The number of aliphatic hydroxyl groups excluding tert-OH is 1. The van der Waals surface area contributed by atoms with Crippen LogP contribution in [0.5, 0.6) is 0 Å². The molecule has 0 spiro atoms. The van der Waals surface area contributed by atoms with Gasteiger partial charge in [-0.15, -0.1) is 0 Å². The van der Waals surface area contributed by atoms with Gasteiger partial charge < -0.3 is 14.5 Å². The molecule has 0 aromatic carbocycles. The lowest BCUT2D eigenvalue weighted by Gasteiger charge is -2.15. The molecule has 1 atom stereocenters. The molecular weight excluding hydrogens is 222 g/mol. The minimum absolute atomic E-state index is 0.151. The van der Waals surface area contributed by atoms with Gasteiger partial charge in [-0.05, 0) is 0 Å². The third-order valence-electron chi connectivity index (χ3n) is 2.77. The van der Waals surface area contributed by atoms with Gasteiger partial charge in [0.15, 0.2) is 6.23 Å². The highest BCUT2D eigenvalue weighted by atomic mass is 16.5. The van der Waals surface area contributed by atoms with Gasteiger partial charge in [0.25, 0.3) is 0 Å². The third-order valence-corrected chi connectivity index (χ3v) is 2.77. The number of rotatable bonds is 1. The molecule has 1 N–H and O–H groups in total. The lowest BCUT2D eigenvalue weighted by atomic mass is 9.92. The molecule has 0 radical (unpaired) electrons. The SMILES string of the molecule is CN1CC(O)N(c2cc(C(C)(C)C)no2)C1=O. The van der Waals surface area contributed by atoms with Crippen LogP contribution in [0.15, 0.2) is 10.6 Å². The summed E-state index contributed by atoms with van der Waals surface area (Å²) in [4.78, 5) is 14.4. The number of urea groups is 1. The predicted molar refractivity (Wildman–Crippen MR) is 61.7 cm³/mol. The van der Waals surface area contributed by atoms with Crippen LogP contribution in [0.1, 0.15) is 26.5 Å². The van der Waals surface area contributed by atoms with Crippen molar-refractivity contribution in [1.29, 1.82) is 0 Å². The van der Waals surface area contributed by atoms with E-state index in [1.807, 2.05) is 20.8 Å². The van der Waals surface area contributed by atoms with Gasteiger partial charge in [-0.2, -0.15) is 0 Å². The molecule has 0 aliphatic carbocycles. The van der Waals surface area contributed by atoms with Crippen molar-refractivity contribution in [3.05, 3.63) is 11.8 Å². The number of aromatic nitrogens is 1. The van der Waals surface area contributed by atoms with E-state index < -0.39 is 6.23 Å². The van der Waals surface area contributed by atoms with Crippen LogP contribution in [-0.2, 0) is 5.41 Å². The Hall–Kier alpha value is -1.56. The largest absolute Gasteiger partial charge is 0.371 e. The van der Waals surface area contributed by atoms with Crippen molar-refractivity contribution in [2.45, 2.75) is 32.4 Å². The zero-order valence-corrected chi connectivity index (χ0v) is 10.5. The molecule has 6 nitrogen and oxygen atoms in total. The summed E-state index contributed by atoms with van der Waals surface area (Å²) in [5.41, 5.74) is 0.600. The number of aliphatic hydroxyl groups is 1. The molecule has 1 fully saturated rings. The Kier molecular flexibility index (Phi) is 2.61. The van der Waals surface area contributed by atoms with Crippen LogP contribution in [0.25, 0.3) is 0 Å². The van der Waals surface area contributed by atoms with E-state index in [0.29, 0.717) is 0 Å². The molecule has 1 unspecified atom stereocenters. The number of anilines is 1. The fraction of sp³-hybridized carbons (Fsp3) is 0.636. The van der Waals surface area contributed by atoms with Crippen molar-refractivity contribution >= 4 is 11.9 Å². The van der Waals surface area contributed by atoms with Crippen molar-refractivity contribution in [1.82, 2.24) is 10.1 Å². The normalized spacial score (nSPS) is 21.5. The minimum Gasteiger partial charge on any atom is -0.371 e. The van der Waals surface area contributed by atoms with Crippen molar-refractivity contribution in [3.63, 3.8) is 0 Å². The van der Waals surface area contributed by atoms with Gasteiger partial charge in [-0.25, -0.2) is 9.69 Å². The summed E-state index contributed by atoms with van der Waals surface area (Å²) in [6.07, 6.45) is -0.881. The van der Waals surface area contributed by atoms with Crippen LogP contribution < -0.4 is 4.90 Å². The Morgan fingerprint density at radius 3 is 2.59 bits per heavy atom. The number of likely N-dealkylation sites (N-methyl/N-ethyl adjacent to an activating group) is 1. The summed E-state index contributed by atoms with van der Waals surface area (Å²) >= 11 is 0. The molecule has 2 amide bonds. The Balaban J connectivity index is 2.29. The van der Waals surface area contributed by atoms with Crippen molar-refractivity contribution in [3.8, 4) is 0 Å². The van der Waals surface area contributed by atoms with Crippen LogP contribution in [-0.4, -0.2) is 41.0 Å². The first-order chi connectivity index (χ1) is 7.80. The maximum atomic E-state index is 11.8. The van der Waals surface area contributed by atoms with E-state index in [4.69, 9.17) is 4.52 Å². The number of carbonyl (C=O) groups excluding carboxylic acids is 1. The molecule has 1 aliphatic heterocycles. The van der Waals surface area contributed by atoms with Gasteiger partial charge in [-0.1, -0.05) is 25.9 Å². The number of β-amino-alcohol motifs (C(OH)–C–C–N with tert-alkyl or cyclic N) is 1. The molecule has 1 aliphatic rings. The first-order valence-electron chi connectivity index (χ1n) is 5.50. The second-order valence-electron chi connectivity index (χ2n) is 5.31. The van der Waals surface area contributed by atoms with E-state index in [-0.39, 0.29) is 23.9 Å². The average Bonchev–Trinajstić information content (AvgIpc) is 2.73. The van der Waals surface area contributed by atoms with Gasteiger partial charge in [0.2, 0.25) is 5.88 Å². The average molecular weight is 239 g/mol. The molecule has 1 aromatic heterocycles. The van der Waals surface area contributed by atoms with Gasteiger partial charge in [0.05, 0.1) is 12.2 Å². The van der Waals surface area contributed by atoms with Crippen LogP contribution >= 0.6 is 0 Å². The van der Waals surface area contributed by atoms with Gasteiger partial charge in [-0.3, -0.25) is 0 Å². The first-order valence-corrected chi connectivity index (χ1v) is 5.50. The Labute approximate surface area is 99.8 Å². The second-order valence-corrected chi connectivity index (χ2v) is 5.31. The van der Waals surface area contributed by atoms with Crippen LogP contribution in [0.4, 0.5) is 10.7 Å². The lowest BCUT2D eigenvalue weighted by molar-refractivity contribution is 0.179. The fourth-order valence-electron chi connectivity index (χ4n) is 1.69. The number of amides is 2. The van der Waals surface area contributed by atoms with E-state index in [9.17, 15) is 9.90 Å². The fourth-order valence-corrected chi connectivity index (χ4v) is 1.69. The molecule has 0 bridgehead atoms. The highest BCUT2D eigenvalue weighted by Gasteiger charge is 2.37. The number of hydrogen-bond donors (Lipinski definition) is 1. The third kappa shape index (κ3) is 2.00. The van der Waals surface area contributed by atoms with E-state index >= 15 is 0 Å². The van der Waals surface area contributed by atoms with E-state index in [0.717, 1.165) is 5.69 Å². The molecule has 17 heavy (non-hydrogen) atoms. The van der Waals surface area contributed by atoms with Gasteiger partial charge >= 0.3 is 6.03 Å². The zero-order chi connectivity index (χ0) is 12.8. The van der Waals surface area contributed by atoms with Gasteiger partial charge in [0.1, 0.15) is 0 Å². The van der Waals surface area contributed by atoms with E-state index in [2.05, 4.69) is 5.16 Å². The van der Waals surface area contributed by atoms with Crippen LogP contribution in [0, 0.1) is 0 Å². The Bertz CT molecular complexity index is 435. The maximum Gasteiger partial charge on any atom is 0.329 e. The predicted octanol–water partition coefficient (Wildman–Crippen LogP) is 1.16. The van der Waals surface area contributed by atoms with Crippen molar-refractivity contribution in [2.75, 3.05) is 18.5 Å². The number of nitrogens with zero attached hydrogens (tertiary/aromatic N) is 3. The molecule has 1 aromatic rings. The van der Waals surface area contributed by atoms with Crippen molar-refractivity contribution < 1.29 is 14.4 Å². The maximum absolute atomic E-state index is 11.8. The first kappa shape index (κ1) is 11.9. The number of hydrogen-bond acceptors (Lipinski definition) is 4. The Morgan fingerprint density at radius 1 is 1.53 bits per heavy atom. The topological polar surface area (TPSA) is 69.8 Å². The second kappa shape index (κ2) is 3.73. The molecule has 0 saturated carbocycles. The summed E-state index contributed by atoms with van der Waals surface area (Å²) in [5.74, 6) is 0.289. The molecular formula is C11H17N3O3. The summed E-state index contributed by atoms with van der Waals surface area (Å²) in [6, 6.07) is 1.41. The standard InChI is InChI=1S/C11H17N3O3/c1-11(2,3)7-5-9(17-12-7)14-8(15)6-13(4)10(14)16/h5,8,15H,6H2,1-4H3. The highest BCUT2D eigenvalue weighted by molar-refractivity contribution is 5.93. The highest BCUT2D eigenvalue weighted by Crippen LogP contribution is 2.28.